The molecule has 0 bridgehead atoms. The monoisotopic (exact) mass is 367 g/mol. The molecule has 1 amide bonds. The van der Waals surface area contributed by atoms with Gasteiger partial charge < -0.3 is 14.6 Å². The van der Waals surface area contributed by atoms with Crippen LogP contribution in [-0.2, 0) is 11.8 Å². The minimum Gasteiger partial charge on any atom is -0.495 e. The van der Waals surface area contributed by atoms with Crippen molar-refractivity contribution in [2.45, 2.75) is 12.1 Å². The summed E-state index contributed by atoms with van der Waals surface area (Å²) in [6.45, 7) is 1.98. The zero-order chi connectivity index (χ0) is 18.5. The van der Waals surface area contributed by atoms with Crippen LogP contribution in [0.4, 0.5) is 5.69 Å². The Hall–Kier alpha value is -2.73. The van der Waals surface area contributed by atoms with Crippen LogP contribution in [0, 0.1) is 6.92 Å². The van der Waals surface area contributed by atoms with Gasteiger partial charge >= 0.3 is 0 Å². The summed E-state index contributed by atoms with van der Waals surface area (Å²) in [5, 5.41) is 3.71. The zero-order valence-corrected chi connectivity index (χ0v) is 15.8. The minimum absolute atomic E-state index is 0.0943. The number of nitrogens with zero attached hydrogens (tertiary/aromatic N) is 2. The van der Waals surface area contributed by atoms with Gasteiger partial charge in [0.1, 0.15) is 5.75 Å². The molecule has 2 aromatic carbocycles. The van der Waals surface area contributed by atoms with E-state index in [0.717, 1.165) is 22.0 Å². The van der Waals surface area contributed by atoms with E-state index in [1.807, 2.05) is 73.3 Å². The second-order valence-corrected chi connectivity index (χ2v) is 6.83. The Morgan fingerprint density at radius 1 is 1.23 bits per heavy atom. The summed E-state index contributed by atoms with van der Waals surface area (Å²) < 4.78 is 7.30. The quantitative estimate of drug-likeness (QED) is 0.666. The highest BCUT2D eigenvalue weighted by molar-refractivity contribution is 7.99. The van der Waals surface area contributed by atoms with Gasteiger partial charge in [0, 0.05) is 7.05 Å². The Labute approximate surface area is 157 Å². The van der Waals surface area contributed by atoms with Crippen molar-refractivity contribution in [3.8, 4) is 17.0 Å². The van der Waals surface area contributed by atoms with Gasteiger partial charge in [0.05, 0.1) is 30.4 Å². The van der Waals surface area contributed by atoms with E-state index in [1.165, 1.54) is 11.8 Å². The number of nitrogens with one attached hydrogen (secondary N) is 1. The van der Waals surface area contributed by atoms with Crippen LogP contribution < -0.4 is 10.1 Å². The fourth-order valence-electron chi connectivity index (χ4n) is 2.64. The maximum absolute atomic E-state index is 12.3. The molecule has 0 radical (unpaired) electrons. The van der Waals surface area contributed by atoms with Crippen LogP contribution in [0.3, 0.4) is 0 Å². The van der Waals surface area contributed by atoms with Gasteiger partial charge in [-0.3, -0.25) is 4.79 Å². The number of carbonyl (C=O) groups excluding carboxylic acids is 1. The summed E-state index contributed by atoms with van der Waals surface area (Å²) in [5.41, 5.74) is 3.87. The third-order valence-electron chi connectivity index (χ3n) is 3.98. The highest BCUT2D eigenvalue weighted by Gasteiger charge is 2.12. The molecule has 0 unspecified atom stereocenters. The van der Waals surface area contributed by atoms with Crippen LogP contribution in [0.15, 0.2) is 59.9 Å². The lowest BCUT2D eigenvalue weighted by Crippen LogP contribution is -2.15. The molecule has 1 heterocycles. The molecule has 3 rings (SSSR count). The van der Waals surface area contributed by atoms with E-state index in [4.69, 9.17) is 4.74 Å². The molecule has 0 spiro atoms. The summed E-state index contributed by atoms with van der Waals surface area (Å²) in [7, 11) is 3.55. The van der Waals surface area contributed by atoms with Gasteiger partial charge in [0.2, 0.25) is 5.91 Å². The van der Waals surface area contributed by atoms with Crippen LogP contribution >= 0.6 is 11.8 Å². The second-order valence-electron chi connectivity index (χ2n) is 5.89. The zero-order valence-electron chi connectivity index (χ0n) is 15.0. The normalized spacial score (nSPS) is 10.6. The van der Waals surface area contributed by atoms with E-state index in [-0.39, 0.29) is 11.7 Å². The number of ether oxygens (including phenoxy) is 1. The van der Waals surface area contributed by atoms with Crippen LogP contribution in [-0.4, -0.2) is 28.3 Å². The predicted octanol–water partition coefficient (Wildman–Crippen LogP) is 4.13. The van der Waals surface area contributed by atoms with E-state index in [9.17, 15) is 4.79 Å². The number of benzene rings is 2. The maximum Gasteiger partial charge on any atom is 0.234 e. The van der Waals surface area contributed by atoms with Gasteiger partial charge in [0.15, 0.2) is 5.16 Å². The van der Waals surface area contributed by atoms with Crippen molar-refractivity contribution in [1.29, 1.82) is 0 Å². The Bertz CT molecular complexity index is 907. The van der Waals surface area contributed by atoms with Gasteiger partial charge in [-0.05, 0) is 30.2 Å². The van der Waals surface area contributed by atoms with Gasteiger partial charge in [0.25, 0.3) is 0 Å². The predicted molar refractivity (Wildman–Crippen MR) is 106 cm³/mol. The molecule has 6 heteroatoms. The van der Waals surface area contributed by atoms with Crippen LogP contribution in [0.25, 0.3) is 11.3 Å². The lowest BCUT2D eigenvalue weighted by Gasteiger charge is -2.11. The van der Waals surface area contributed by atoms with Crippen LogP contribution in [0.5, 0.6) is 5.75 Å². The lowest BCUT2D eigenvalue weighted by atomic mass is 10.2. The smallest absolute Gasteiger partial charge is 0.234 e. The average molecular weight is 367 g/mol. The minimum atomic E-state index is -0.0943. The summed E-state index contributed by atoms with van der Waals surface area (Å²) in [6, 6.07) is 15.8. The van der Waals surface area contributed by atoms with Crippen molar-refractivity contribution in [3.05, 3.63) is 60.3 Å². The van der Waals surface area contributed by atoms with Gasteiger partial charge in [-0.15, -0.1) is 0 Å². The molecule has 0 aliphatic carbocycles. The Balaban J connectivity index is 1.66. The molecule has 0 atom stereocenters. The molecule has 0 fully saturated rings. The summed E-state index contributed by atoms with van der Waals surface area (Å²) in [6.07, 6.45) is 1.83. The van der Waals surface area contributed by atoms with Crippen molar-refractivity contribution >= 4 is 23.4 Å². The first kappa shape index (κ1) is 18.1. The van der Waals surface area contributed by atoms with E-state index < -0.39 is 0 Å². The number of amides is 1. The van der Waals surface area contributed by atoms with Crippen molar-refractivity contribution < 1.29 is 9.53 Å². The number of thioether (sulfide) groups is 1. The van der Waals surface area contributed by atoms with Crippen LogP contribution in [0.2, 0.25) is 0 Å². The SMILES string of the molecule is COc1ccc(C)cc1NC(=O)CSc1ncc(-c2ccccc2)n1C. The number of hydrogen-bond donors (Lipinski definition) is 1. The molecule has 26 heavy (non-hydrogen) atoms. The first-order valence-corrected chi connectivity index (χ1v) is 9.21. The highest BCUT2D eigenvalue weighted by Crippen LogP contribution is 2.27. The molecule has 134 valence electrons. The van der Waals surface area contributed by atoms with E-state index in [2.05, 4.69) is 10.3 Å². The summed E-state index contributed by atoms with van der Waals surface area (Å²) >= 11 is 1.41. The molecule has 0 aliphatic heterocycles. The van der Waals surface area contributed by atoms with Gasteiger partial charge in [-0.2, -0.15) is 0 Å². The topological polar surface area (TPSA) is 56.1 Å². The number of hydrogen-bond acceptors (Lipinski definition) is 4. The standard InChI is InChI=1S/C20H21N3O2S/c1-14-9-10-18(25-3)16(11-14)22-19(24)13-26-20-21-12-17(23(20)2)15-7-5-4-6-8-15/h4-12H,13H2,1-3H3,(H,22,24). The fourth-order valence-corrected chi connectivity index (χ4v) is 3.39. The fraction of sp³-hybridized carbons (Fsp3) is 0.200. The van der Waals surface area contributed by atoms with E-state index in [0.29, 0.717) is 11.4 Å². The van der Waals surface area contributed by atoms with Crippen LogP contribution in [0.1, 0.15) is 5.56 Å². The third-order valence-corrected chi connectivity index (χ3v) is 5.02. The maximum atomic E-state index is 12.3. The molecular formula is C20H21N3O2S. The molecule has 0 saturated carbocycles. The number of anilines is 1. The molecule has 5 nitrogen and oxygen atoms in total. The van der Waals surface area contributed by atoms with Crippen molar-refractivity contribution in [2.75, 3.05) is 18.2 Å². The first-order chi connectivity index (χ1) is 12.6. The molecular weight excluding hydrogens is 346 g/mol. The summed E-state index contributed by atoms with van der Waals surface area (Å²) in [5.74, 6) is 0.830. The molecule has 3 aromatic rings. The molecule has 0 aliphatic rings. The highest BCUT2D eigenvalue weighted by atomic mass is 32.2. The van der Waals surface area contributed by atoms with Crippen molar-refractivity contribution in [3.63, 3.8) is 0 Å². The average Bonchev–Trinajstić information content (AvgIpc) is 3.01. The number of aryl methyl sites for hydroxylation is 1. The number of aromatic nitrogens is 2. The first-order valence-electron chi connectivity index (χ1n) is 8.23. The van der Waals surface area contributed by atoms with E-state index >= 15 is 0 Å². The van der Waals surface area contributed by atoms with E-state index in [1.54, 1.807) is 7.11 Å². The third kappa shape index (κ3) is 4.08. The van der Waals surface area contributed by atoms with Gasteiger partial charge in [-0.25, -0.2) is 4.98 Å². The molecule has 1 N–H and O–H groups in total. The number of rotatable bonds is 6. The van der Waals surface area contributed by atoms with Crippen molar-refractivity contribution in [2.24, 2.45) is 7.05 Å². The molecule has 0 saturated heterocycles. The lowest BCUT2D eigenvalue weighted by molar-refractivity contribution is -0.113. The number of carbonyl (C=O) groups is 1. The molecule has 1 aromatic heterocycles. The number of imidazole rings is 1. The Morgan fingerprint density at radius 2 is 2.00 bits per heavy atom. The largest absolute Gasteiger partial charge is 0.495 e. The number of methoxy groups -OCH3 is 1. The van der Waals surface area contributed by atoms with Gasteiger partial charge in [-0.1, -0.05) is 48.2 Å². The Kier molecular flexibility index (Phi) is 5.63. The second kappa shape index (κ2) is 8.10. The Morgan fingerprint density at radius 3 is 2.73 bits per heavy atom. The summed E-state index contributed by atoms with van der Waals surface area (Å²) in [4.78, 5) is 16.8. The van der Waals surface area contributed by atoms with Crippen molar-refractivity contribution in [1.82, 2.24) is 9.55 Å².